The number of carboxylic acids is 1. The van der Waals surface area contributed by atoms with Crippen LogP contribution in [0.3, 0.4) is 0 Å². The first-order valence-electron chi connectivity index (χ1n) is 10.3. The first kappa shape index (κ1) is 23.6. The number of benzene rings is 2. The molecular weight excluding hydrogens is 472 g/mol. The molecule has 1 atom stereocenters. The van der Waals surface area contributed by atoms with Crippen molar-refractivity contribution in [3.63, 3.8) is 0 Å². The quantitative estimate of drug-likeness (QED) is 0.338. The Bertz CT molecular complexity index is 1510. The minimum atomic E-state index is -4.07. The number of ether oxygens (including phenoxy) is 1. The van der Waals surface area contributed by atoms with Crippen LogP contribution < -0.4 is 9.46 Å². The van der Waals surface area contributed by atoms with Crippen molar-refractivity contribution in [1.82, 2.24) is 9.71 Å². The number of carbonyl (C=O) groups is 1. The van der Waals surface area contributed by atoms with Crippen molar-refractivity contribution in [2.45, 2.75) is 23.6 Å². The number of fused-ring (bicyclic) bond motifs is 1. The number of aromatic nitrogens is 1. The van der Waals surface area contributed by atoms with Crippen LogP contribution >= 0.6 is 11.3 Å². The summed E-state index contributed by atoms with van der Waals surface area (Å²) in [5.74, 6) is 5.27. The molecule has 2 heterocycles. The number of methoxy groups -OCH3 is 1. The summed E-state index contributed by atoms with van der Waals surface area (Å²) in [5.41, 5.74) is 3.36. The Labute approximate surface area is 201 Å². The van der Waals surface area contributed by atoms with Gasteiger partial charge in [-0.1, -0.05) is 35.6 Å². The summed E-state index contributed by atoms with van der Waals surface area (Å²) in [6.45, 7) is 1.99. The van der Waals surface area contributed by atoms with E-state index in [1.54, 1.807) is 18.3 Å². The molecule has 0 radical (unpaired) electrons. The molecule has 0 bridgehead atoms. The first-order chi connectivity index (χ1) is 16.3. The van der Waals surface area contributed by atoms with E-state index in [0.29, 0.717) is 16.2 Å². The molecule has 0 aliphatic rings. The average Bonchev–Trinajstić information content (AvgIpc) is 3.46. The van der Waals surface area contributed by atoms with Crippen molar-refractivity contribution in [2.24, 2.45) is 0 Å². The highest BCUT2D eigenvalue weighted by molar-refractivity contribution is 7.91. The molecule has 0 saturated heterocycles. The third-order valence-corrected chi connectivity index (χ3v) is 8.18. The van der Waals surface area contributed by atoms with E-state index in [1.165, 1.54) is 13.2 Å². The van der Waals surface area contributed by atoms with E-state index in [-0.39, 0.29) is 10.6 Å². The van der Waals surface area contributed by atoms with Crippen LogP contribution in [-0.2, 0) is 21.2 Å². The number of aliphatic carboxylic acids is 1. The molecule has 2 aromatic heterocycles. The van der Waals surface area contributed by atoms with Crippen molar-refractivity contribution >= 4 is 38.2 Å². The number of nitrogens with one attached hydrogen (secondary N) is 2. The van der Waals surface area contributed by atoms with Crippen molar-refractivity contribution in [3.8, 4) is 17.6 Å². The van der Waals surface area contributed by atoms with E-state index < -0.39 is 22.0 Å². The van der Waals surface area contributed by atoms with Gasteiger partial charge in [-0.3, -0.25) is 4.79 Å². The fourth-order valence-electron chi connectivity index (χ4n) is 3.50. The van der Waals surface area contributed by atoms with Gasteiger partial charge in [0.15, 0.2) is 0 Å². The Morgan fingerprint density at radius 3 is 2.62 bits per heavy atom. The van der Waals surface area contributed by atoms with Gasteiger partial charge in [0.1, 0.15) is 16.0 Å². The molecule has 9 heteroatoms. The second kappa shape index (κ2) is 9.73. The smallest absolute Gasteiger partial charge is 0.322 e. The van der Waals surface area contributed by atoms with Crippen LogP contribution in [0, 0.1) is 18.8 Å². The third-order valence-electron chi connectivity index (χ3n) is 5.22. The number of hydrogen-bond acceptors (Lipinski definition) is 5. The highest BCUT2D eigenvalue weighted by Crippen LogP contribution is 2.29. The molecule has 3 N–H and O–H groups in total. The minimum absolute atomic E-state index is 0.00321. The summed E-state index contributed by atoms with van der Waals surface area (Å²) >= 11 is 0.989. The predicted octanol–water partition coefficient (Wildman–Crippen LogP) is 3.92. The molecular formula is C25H22N2O5S2. The zero-order chi connectivity index (χ0) is 24.3. The molecule has 0 spiro atoms. The second-order valence-electron chi connectivity index (χ2n) is 7.65. The lowest BCUT2D eigenvalue weighted by molar-refractivity contribution is -0.138. The van der Waals surface area contributed by atoms with E-state index in [4.69, 9.17) is 4.74 Å². The van der Waals surface area contributed by atoms with Crippen LogP contribution in [0.4, 0.5) is 0 Å². The number of aryl methyl sites for hydroxylation is 1. The molecule has 2 aromatic carbocycles. The molecule has 174 valence electrons. The van der Waals surface area contributed by atoms with E-state index >= 15 is 0 Å². The number of aromatic amines is 1. The van der Waals surface area contributed by atoms with Gasteiger partial charge in [0, 0.05) is 29.1 Å². The number of thiophene rings is 1. The van der Waals surface area contributed by atoms with Gasteiger partial charge in [0.2, 0.25) is 0 Å². The van der Waals surface area contributed by atoms with Crippen LogP contribution in [0.2, 0.25) is 0 Å². The molecule has 0 saturated carbocycles. The van der Waals surface area contributed by atoms with Gasteiger partial charge >= 0.3 is 5.97 Å². The van der Waals surface area contributed by atoms with Gasteiger partial charge in [-0.15, -0.1) is 11.3 Å². The Balaban J connectivity index is 1.55. The SMILES string of the molecule is COc1cccc2[nH]cc(C[C@@H](NS(=O)(=O)c3ccc(C#Cc4ccc(C)cc4)s3)C(=O)O)c12. The predicted molar refractivity (Wildman–Crippen MR) is 132 cm³/mol. The second-order valence-corrected chi connectivity index (χ2v) is 10.7. The average molecular weight is 495 g/mol. The summed E-state index contributed by atoms with van der Waals surface area (Å²) in [6.07, 6.45) is 1.61. The first-order valence-corrected chi connectivity index (χ1v) is 12.6. The van der Waals surface area contributed by atoms with E-state index in [1.807, 2.05) is 43.3 Å². The highest BCUT2D eigenvalue weighted by Gasteiger charge is 2.28. The van der Waals surface area contributed by atoms with Crippen molar-refractivity contribution in [2.75, 3.05) is 7.11 Å². The van der Waals surface area contributed by atoms with Crippen molar-refractivity contribution in [1.29, 1.82) is 0 Å². The number of carboxylic acid groups (broad SMARTS) is 1. The van der Waals surface area contributed by atoms with Gasteiger partial charge < -0.3 is 14.8 Å². The lowest BCUT2D eigenvalue weighted by atomic mass is 10.1. The van der Waals surface area contributed by atoms with E-state index in [0.717, 1.165) is 33.4 Å². The van der Waals surface area contributed by atoms with Gasteiger partial charge in [-0.05, 0) is 48.9 Å². The molecule has 34 heavy (non-hydrogen) atoms. The van der Waals surface area contributed by atoms with Crippen LogP contribution in [-0.4, -0.2) is 37.6 Å². The lowest BCUT2D eigenvalue weighted by Gasteiger charge is -2.14. The molecule has 4 rings (SSSR count). The summed E-state index contributed by atoms with van der Waals surface area (Å²) in [4.78, 5) is 15.6. The molecule has 0 fully saturated rings. The molecule has 0 aliphatic heterocycles. The van der Waals surface area contributed by atoms with Crippen molar-refractivity contribution < 1.29 is 23.1 Å². The summed E-state index contributed by atoms with van der Waals surface area (Å²) in [7, 11) is -2.54. The monoisotopic (exact) mass is 494 g/mol. The Morgan fingerprint density at radius 2 is 1.91 bits per heavy atom. The normalized spacial score (nSPS) is 12.2. The zero-order valence-corrected chi connectivity index (χ0v) is 20.1. The largest absolute Gasteiger partial charge is 0.496 e. The van der Waals surface area contributed by atoms with Crippen LogP contribution in [0.15, 0.2) is 65.0 Å². The maximum Gasteiger partial charge on any atom is 0.322 e. The fourth-order valence-corrected chi connectivity index (χ4v) is 5.86. The van der Waals surface area contributed by atoms with Crippen LogP contribution in [0.1, 0.15) is 21.6 Å². The molecule has 0 aliphatic carbocycles. The number of rotatable bonds is 7. The van der Waals surface area contributed by atoms with Gasteiger partial charge in [0.05, 0.1) is 12.0 Å². The zero-order valence-electron chi connectivity index (χ0n) is 18.5. The van der Waals surface area contributed by atoms with Crippen LogP contribution in [0.5, 0.6) is 5.75 Å². The number of H-pyrrole nitrogens is 1. The maximum atomic E-state index is 12.9. The maximum absolute atomic E-state index is 12.9. The van der Waals surface area contributed by atoms with Gasteiger partial charge in [-0.25, -0.2) is 8.42 Å². The third kappa shape index (κ3) is 5.15. The Kier molecular flexibility index (Phi) is 6.75. The molecule has 4 aromatic rings. The number of hydrogen-bond donors (Lipinski definition) is 3. The summed E-state index contributed by atoms with van der Waals surface area (Å²) in [6, 6.07) is 14.8. The molecule has 0 amide bonds. The van der Waals surface area contributed by atoms with Gasteiger partial charge in [-0.2, -0.15) is 4.72 Å². The Morgan fingerprint density at radius 1 is 1.15 bits per heavy atom. The van der Waals surface area contributed by atoms with E-state index in [9.17, 15) is 18.3 Å². The van der Waals surface area contributed by atoms with Crippen molar-refractivity contribution in [3.05, 3.63) is 82.4 Å². The molecule has 7 nitrogen and oxygen atoms in total. The summed E-state index contributed by atoms with van der Waals surface area (Å²) in [5, 5.41) is 10.5. The summed E-state index contributed by atoms with van der Waals surface area (Å²) < 4.78 is 33.6. The minimum Gasteiger partial charge on any atom is -0.496 e. The van der Waals surface area contributed by atoms with Gasteiger partial charge in [0.25, 0.3) is 10.0 Å². The van der Waals surface area contributed by atoms with Crippen LogP contribution in [0.25, 0.3) is 10.9 Å². The topological polar surface area (TPSA) is 108 Å². The van der Waals surface area contributed by atoms with E-state index in [2.05, 4.69) is 21.5 Å². The standard InChI is InChI=1S/C25H22N2O5S2/c1-16-6-8-17(9-7-16)10-11-19-12-13-23(33-19)34(30,31)27-21(25(28)29)14-18-15-26-20-4-3-5-22(32-2)24(18)20/h3-9,12-13,15,21,26-27H,14H2,1-2H3,(H,28,29)/t21-/m1/s1. The molecule has 0 unspecified atom stereocenters. The number of sulfonamides is 1. The fraction of sp³-hybridized carbons (Fsp3) is 0.160. The highest BCUT2D eigenvalue weighted by atomic mass is 32.2. The lowest BCUT2D eigenvalue weighted by Crippen LogP contribution is -2.42. The Hall–Kier alpha value is -3.58.